The number of hydrogen-bond acceptors (Lipinski definition) is 2. The summed E-state index contributed by atoms with van der Waals surface area (Å²) in [5.74, 6) is 0. The van der Waals surface area contributed by atoms with E-state index in [0.717, 1.165) is 5.69 Å². The van der Waals surface area contributed by atoms with Gasteiger partial charge in [0.15, 0.2) is 0 Å². The van der Waals surface area contributed by atoms with Crippen LogP contribution in [0.2, 0.25) is 0 Å². The van der Waals surface area contributed by atoms with Crippen molar-refractivity contribution in [1.29, 1.82) is 0 Å². The molecule has 2 N–H and O–H groups in total. The number of aromatic nitrogens is 2. The molecule has 0 unspecified atom stereocenters. The number of anilines is 1. The highest BCUT2D eigenvalue weighted by Gasteiger charge is 1.93. The highest BCUT2D eigenvalue weighted by atomic mass is 15.0. The molecule has 0 saturated carbocycles. The normalized spacial score (nSPS) is 10.0. The lowest BCUT2D eigenvalue weighted by molar-refractivity contribution is 1.06. The number of nitrogens with zero attached hydrogens (tertiary/aromatic N) is 2. The summed E-state index contributed by atoms with van der Waals surface area (Å²) in [7, 11) is 0. The second kappa shape index (κ2) is 2.70. The quantitative estimate of drug-likeness (QED) is 0.684. The summed E-state index contributed by atoms with van der Waals surface area (Å²) in [6, 6.07) is 5.80. The van der Waals surface area contributed by atoms with Gasteiger partial charge in [0, 0.05) is 18.6 Å². The fourth-order valence-electron chi connectivity index (χ4n) is 1.09. The van der Waals surface area contributed by atoms with Crippen molar-refractivity contribution in [2.24, 2.45) is 0 Å². The molecule has 2 aromatic rings. The van der Waals surface area contributed by atoms with Crippen LogP contribution in [-0.2, 0) is 0 Å². The molecule has 2 aromatic heterocycles. The highest BCUT2D eigenvalue weighted by Crippen LogP contribution is 2.09. The summed E-state index contributed by atoms with van der Waals surface area (Å²) in [6.07, 6.45) is 7.32. The zero-order valence-corrected chi connectivity index (χ0v) is 6.51. The molecule has 0 aliphatic rings. The first-order valence-corrected chi connectivity index (χ1v) is 3.70. The van der Waals surface area contributed by atoms with Gasteiger partial charge in [0.1, 0.15) is 0 Å². The SMILES string of the molecule is Nc1cncc(-n2cccc2)c1. The Morgan fingerprint density at radius 3 is 2.58 bits per heavy atom. The Balaban J connectivity index is 2.48. The van der Waals surface area contributed by atoms with Gasteiger partial charge in [-0.05, 0) is 18.2 Å². The van der Waals surface area contributed by atoms with Gasteiger partial charge in [0.2, 0.25) is 0 Å². The van der Waals surface area contributed by atoms with E-state index in [1.165, 1.54) is 0 Å². The van der Waals surface area contributed by atoms with Crippen LogP contribution in [0.4, 0.5) is 5.69 Å². The number of nitrogen functional groups attached to an aromatic ring is 1. The number of hydrogen-bond donors (Lipinski definition) is 1. The highest BCUT2D eigenvalue weighted by molar-refractivity contribution is 5.44. The third kappa shape index (κ3) is 1.16. The van der Waals surface area contributed by atoms with Crippen molar-refractivity contribution >= 4 is 5.69 Å². The van der Waals surface area contributed by atoms with Crippen molar-refractivity contribution in [3.8, 4) is 5.69 Å². The summed E-state index contributed by atoms with van der Waals surface area (Å²) in [5.41, 5.74) is 7.26. The molecular weight excluding hydrogens is 150 g/mol. The van der Waals surface area contributed by atoms with E-state index in [4.69, 9.17) is 5.73 Å². The minimum atomic E-state index is 0.682. The molecule has 12 heavy (non-hydrogen) atoms. The molecule has 0 aliphatic heterocycles. The third-order valence-electron chi connectivity index (χ3n) is 1.65. The summed E-state index contributed by atoms with van der Waals surface area (Å²) in [5, 5.41) is 0. The van der Waals surface area contributed by atoms with Crippen molar-refractivity contribution in [3.05, 3.63) is 43.0 Å². The lowest BCUT2D eigenvalue weighted by Gasteiger charge is -2.01. The van der Waals surface area contributed by atoms with Crippen LogP contribution in [0.3, 0.4) is 0 Å². The Bertz CT molecular complexity index is 365. The fourth-order valence-corrected chi connectivity index (χ4v) is 1.09. The standard InChI is InChI=1S/C9H9N3/c10-8-5-9(7-11-6-8)12-3-1-2-4-12/h1-7H,10H2. The molecule has 0 atom stereocenters. The topological polar surface area (TPSA) is 43.8 Å². The molecular formula is C9H9N3. The Labute approximate surface area is 70.5 Å². The first-order valence-electron chi connectivity index (χ1n) is 3.70. The van der Waals surface area contributed by atoms with Gasteiger partial charge in [0.25, 0.3) is 0 Å². The zero-order valence-electron chi connectivity index (χ0n) is 6.51. The maximum Gasteiger partial charge on any atom is 0.0654 e. The van der Waals surface area contributed by atoms with Crippen LogP contribution in [0.25, 0.3) is 5.69 Å². The molecule has 0 radical (unpaired) electrons. The van der Waals surface area contributed by atoms with Gasteiger partial charge in [-0.1, -0.05) is 0 Å². The maximum absolute atomic E-state index is 5.59. The van der Waals surface area contributed by atoms with Crippen LogP contribution < -0.4 is 5.73 Å². The second-order valence-corrected chi connectivity index (χ2v) is 2.57. The van der Waals surface area contributed by atoms with E-state index in [2.05, 4.69) is 4.98 Å². The molecule has 0 amide bonds. The van der Waals surface area contributed by atoms with Crippen LogP contribution >= 0.6 is 0 Å². The molecule has 0 aliphatic carbocycles. The molecule has 0 fully saturated rings. The van der Waals surface area contributed by atoms with Gasteiger partial charge >= 0.3 is 0 Å². The van der Waals surface area contributed by atoms with Crippen LogP contribution in [0.5, 0.6) is 0 Å². The Kier molecular flexibility index (Phi) is 1.55. The van der Waals surface area contributed by atoms with E-state index in [1.54, 1.807) is 12.4 Å². The average Bonchev–Trinajstić information content (AvgIpc) is 2.56. The minimum absolute atomic E-state index is 0.682. The van der Waals surface area contributed by atoms with Gasteiger partial charge < -0.3 is 10.3 Å². The van der Waals surface area contributed by atoms with Crippen LogP contribution in [0, 0.1) is 0 Å². The second-order valence-electron chi connectivity index (χ2n) is 2.57. The number of rotatable bonds is 1. The summed E-state index contributed by atoms with van der Waals surface area (Å²) >= 11 is 0. The Hall–Kier alpha value is -1.77. The number of nitrogens with two attached hydrogens (primary N) is 1. The van der Waals surface area contributed by atoms with Gasteiger partial charge in [-0.2, -0.15) is 0 Å². The Morgan fingerprint density at radius 1 is 1.17 bits per heavy atom. The van der Waals surface area contributed by atoms with Crippen LogP contribution in [-0.4, -0.2) is 9.55 Å². The summed E-state index contributed by atoms with van der Waals surface area (Å²) in [4.78, 5) is 3.99. The zero-order chi connectivity index (χ0) is 8.39. The minimum Gasteiger partial charge on any atom is -0.397 e. The molecule has 60 valence electrons. The molecule has 0 bridgehead atoms. The molecule has 0 spiro atoms. The lowest BCUT2D eigenvalue weighted by atomic mass is 10.4. The van der Waals surface area contributed by atoms with Gasteiger partial charge in [-0.3, -0.25) is 4.98 Å². The van der Waals surface area contributed by atoms with E-state index in [0.29, 0.717) is 5.69 Å². The molecule has 0 saturated heterocycles. The predicted octanol–water partition coefficient (Wildman–Crippen LogP) is 1.45. The molecule has 2 rings (SSSR count). The van der Waals surface area contributed by atoms with Crippen molar-refractivity contribution in [2.75, 3.05) is 5.73 Å². The first-order chi connectivity index (χ1) is 5.86. The Morgan fingerprint density at radius 2 is 1.92 bits per heavy atom. The van der Waals surface area contributed by atoms with Gasteiger partial charge in [0.05, 0.1) is 17.6 Å². The van der Waals surface area contributed by atoms with Crippen LogP contribution in [0.15, 0.2) is 43.0 Å². The maximum atomic E-state index is 5.59. The summed E-state index contributed by atoms with van der Waals surface area (Å²) < 4.78 is 1.96. The average molecular weight is 159 g/mol. The molecule has 0 aromatic carbocycles. The van der Waals surface area contributed by atoms with Crippen molar-refractivity contribution < 1.29 is 0 Å². The van der Waals surface area contributed by atoms with E-state index in [-0.39, 0.29) is 0 Å². The molecule has 3 nitrogen and oxygen atoms in total. The molecule has 2 heterocycles. The van der Waals surface area contributed by atoms with E-state index < -0.39 is 0 Å². The molecule has 3 heteroatoms. The lowest BCUT2D eigenvalue weighted by Crippen LogP contribution is -1.93. The van der Waals surface area contributed by atoms with E-state index in [9.17, 15) is 0 Å². The van der Waals surface area contributed by atoms with Crippen molar-refractivity contribution in [2.45, 2.75) is 0 Å². The predicted molar refractivity (Wildman–Crippen MR) is 48.0 cm³/mol. The van der Waals surface area contributed by atoms with E-state index >= 15 is 0 Å². The third-order valence-corrected chi connectivity index (χ3v) is 1.65. The first kappa shape index (κ1) is 6.91. The largest absolute Gasteiger partial charge is 0.397 e. The van der Waals surface area contributed by atoms with Crippen LogP contribution in [0.1, 0.15) is 0 Å². The summed E-state index contributed by atoms with van der Waals surface area (Å²) in [6.45, 7) is 0. The number of pyridine rings is 1. The van der Waals surface area contributed by atoms with E-state index in [1.807, 2.05) is 35.2 Å². The van der Waals surface area contributed by atoms with Gasteiger partial charge in [-0.15, -0.1) is 0 Å². The monoisotopic (exact) mass is 159 g/mol. The van der Waals surface area contributed by atoms with Crippen molar-refractivity contribution in [3.63, 3.8) is 0 Å². The smallest absolute Gasteiger partial charge is 0.0654 e. The fraction of sp³-hybridized carbons (Fsp3) is 0. The van der Waals surface area contributed by atoms with Gasteiger partial charge in [-0.25, -0.2) is 0 Å². The van der Waals surface area contributed by atoms with Crippen molar-refractivity contribution in [1.82, 2.24) is 9.55 Å².